The predicted molar refractivity (Wildman–Crippen MR) is 70.3 cm³/mol. The summed E-state index contributed by atoms with van der Waals surface area (Å²) in [6.07, 6.45) is -0.466. The second-order valence-electron chi connectivity index (χ2n) is 4.59. The monoisotopic (exact) mass is 255 g/mol. The number of rotatable bonds is 0. The maximum absolute atomic E-state index is 13.2. The lowest BCUT2D eigenvalue weighted by Crippen LogP contribution is -2.26. The first-order valence-corrected chi connectivity index (χ1v) is 6.00. The van der Waals surface area contributed by atoms with E-state index >= 15 is 0 Å². The van der Waals surface area contributed by atoms with Crippen molar-refractivity contribution in [1.82, 2.24) is 0 Å². The van der Waals surface area contributed by atoms with Gasteiger partial charge >= 0.3 is 0 Å². The summed E-state index contributed by atoms with van der Waals surface area (Å²) in [6.45, 7) is 0. The lowest BCUT2D eigenvalue weighted by atomic mass is 9.99. The third-order valence-corrected chi connectivity index (χ3v) is 3.46. The molecule has 94 valence electrons. The Hall–Kier alpha value is -2.49. The first kappa shape index (κ1) is 10.4. The van der Waals surface area contributed by atoms with E-state index in [-0.39, 0.29) is 11.6 Å². The van der Waals surface area contributed by atoms with E-state index < -0.39 is 6.23 Å². The van der Waals surface area contributed by atoms with Crippen molar-refractivity contribution in [3.8, 4) is 5.75 Å². The summed E-state index contributed by atoms with van der Waals surface area (Å²) in [5, 5.41) is 13.6. The van der Waals surface area contributed by atoms with Gasteiger partial charge in [0, 0.05) is 17.3 Å². The first-order valence-electron chi connectivity index (χ1n) is 6.00. The number of hydrogen-bond donors (Lipinski definition) is 2. The Morgan fingerprint density at radius 2 is 1.95 bits per heavy atom. The Morgan fingerprint density at radius 3 is 2.84 bits per heavy atom. The minimum Gasteiger partial charge on any atom is -0.507 e. The van der Waals surface area contributed by atoms with E-state index in [9.17, 15) is 9.50 Å². The molecule has 4 heteroatoms. The average molecular weight is 255 g/mol. The Bertz CT molecular complexity index is 724. The topological polar surface area (TPSA) is 41.5 Å². The smallest absolute Gasteiger partial charge is 0.200 e. The number of anilines is 1. The van der Waals surface area contributed by atoms with Gasteiger partial charge in [0.15, 0.2) is 0 Å². The number of hydrogen-bond acceptors (Lipinski definition) is 3. The van der Waals surface area contributed by atoms with Crippen LogP contribution in [-0.2, 0) is 0 Å². The van der Waals surface area contributed by atoms with Crippen LogP contribution in [0.15, 0.2) is 42.5 Å². The summed E-state index contributed by atoms with van der Waals surface area (Å²) >= 11 is 0. The third kappa shape index (κ3) is 1.37. The number of halogens is 1. The fraction of sp³-hybridized carbons (Fsp3) is 0.0667. The van der Waals surface area contributed by atoms with Gasteiger partial charge in [-0.15, -0.1) is 0 Å². The highest BCUT2D eigenvalue weighted by atomic mass is 19.1. The largest absolute Gasteiger partial charge is 0.507 e. The van der Waals surface area contributed by atoms with Gasteiger partial charge in [0.1, 0.15) is 17.3 Å². The molecule has 0 saturated carbocycles. The van der Waals surface area contributed by atoms with E-state index in [1.165, 1.54) is 18.2 Å². The number of fused-ring (bicyclic) bond motifs is 4. The second-order valence-corrected chi connectivity index (χ2v) is 4.59. The van der Waals surface area contributed by atoms with E-state index in [1.54, 1.807) is 0 Å². The zero-order chi connectivity index (χ0) is 13.0. The van der Waals surface area contributed by atoms with Crippen LogP contribution in [-0.4, -0.2) is 11.3 Å². The molecule has 2 aromatic carbocycles. The fourth-order valence-corrected chi connectivity index (χ4v) is 2.60. The quantitative estimate of drug-likeness (QED) is 0.758. The fourth-order valence-electron chi connectivity index (χ4n) is 2.60. The Morgan fingerprint density at radius 1 is 1.11 bits per heavy atom. The lowest BCUT2D eigenvalue weighted by molar-refractivity contribution is 0.278. The molecule has 0 saturated heterocycles. The van der Waals surface area contributed by atoms with E-state index in [1.807, 2.05) is 24.3 Å². The molecule has 19 heavy (non-hydrogen) atoms. The van der Waals surface area contributed by atoms with Gasteiger partial charge in [-0.3, -0.25) is 0 Å². The molecule has 0 aromatic heterocycles. The number of aliphatic hydroxyl groups is 1. The number of benzene rings is 2. The summed E-state index contributed by atoms with van der Waals surface area (Å²) in [6, 6.07) is 11.8. The molecule has 0 amide bonds. The molecule has 2 aliphatic heterocycles. The van der Waals surface area contributed by atoms with E-state index in [0.29, 0.717) is 16.9 Å². The highest BCUT2D eigenvalue weighted by Crippen LogP contribution is 2.45. The van der Waals surface area contributed by atoms with Crippen molar-refractivity contribution in [1.29, 1.82) is 0 Å². The number of nitrogens with one attached hydrogen (secondary N) is 1. The van der Waals surface area contributed by atoms with Crippen LogP contribution in [0.3, 0.4) is 0 Å². The number of ether oxygens (including phenoxy) is 1. The van der Waals surface area contributed by atoms with Crippen LogP contribution in [0.2, 0.25) is 0 Å². The van der Waals surface area contributed by atoms with Gasteiger partial charge < -0.3 is 15.2 Å². The minimum atomic E-state index is -0.466. The van der Waals surface area contributed by atoms with Crippen LogP contribution in [0.1, 0.15) is 11.1 Å². The minimum absolute atomic E-state index is 0.142. The molecule has 4 rings (SSSR count). The zero-order valence-electron chi connectivity index (χ0n) is 9.85. The average Bonchev–Trinajstić information content (AvgIpc) is 2.76. The van der Waals surface area contributed by atoms with Crippen molar-refractivity contribution in [3.05, 3.63) is 59.4 Å². The highest BCUT2D eigenvalue weighted by molar-refractivity contribution is 5.99. The molecule has 1 atom stereocenters. The van der Waals surface area contributed by atoms with Crippen molar-refractivity contribution >= 4 is 17.0 Å². The number of para-hydroxylation sites is 1. The maximum atomic E-state index is 13.2. The SMILES string of the molecule is OC1=C2c3ccccc3NC2Oc2cc(F)ccc21. The summed E-state index contributed by atoms with van der Waals surface area (Å²) in [4.78, 5) is 0. The van der Waals surface area contributed by atoms with Crippen LogP contribution in [0, 0.1) is 5.82 Å². The normalized spacial score (nSPS) is 19.1. The summed E-state index contributed by atoms with van der Waals surface area (Å²) in [5.74, 6) is 0.112. The van der Waals surface area contributed by atoms with E-state index in [2.05, 4.69) is 5.32 Å². The predicted octanol–water partition coefficient (Wildman–Crippen LogP) is 3.40. The van der Waals surface area contributed by atoms with Gasteiger partial charge in [-0.25, -0.2) is 4.39 Å². The molecule has 0 aliphatic carbocycles. The summed E-state index contributed by atoms with van der Waals surface area (Å²) < 4.78 is 19.0. The molecule has 1 unspecified atom stereocenters. The molecule has 0 radical (unpaired) electrons. The molecule has 2 aromatic rings. The van der Waals surface area contributed by atoms with Crippen molar-refractivity contribution in [3.63, 3.8) is 0 Å². The molecule has 0 fully saturated rings. The molecule has 2 heterocycles. The van der Waals surface area contributed by atoms with Gasteiger partial charge in [0.25, 0.3) is 0 Å². The van der Waals surface area contributed by atoms with Crippen molar-refractivity contribution < 1.29 is 14.2 Å². The van der Waals surface area contributed by atoms with Crippen molar-refractivity contribution in [2.45, 2.75) is 6.23 Å². The van der Waals surface area contributed by atoms with Gasteiger partial charge in [-0.05, 0) is 18.2 Å². The van der Waals surface area contributed by atoms with Gasteiger partial charge in [0.05, 0.1) is 11.1 Å². The summed E-state index contributed by atoms with van der Waals surface area (Å²) in [5.41, 5.74) is 3.04. The van der Waals surface area contributed by atoms with Crippen LogP contribution in [0.4, 0.5) is 10.1 Å². The lowest BCUT2D eigenvalue weighted by Gasteiger charge is -2.24. The maximum Gasteiger partial charge on any atom is 0.200 e. The number of aliphatic hydroxyl groups excluding tert-OH is 1. The molecule has 2 N–H and O–H groups in total. The molecule has 3 nitrogen and oxygen atoms in total. The Kier molecular flexibility index (Phi) is 1.93. The molecule has 2 aliphatic rings. The molecule has 0 bridgehead atoms. The van der Waals surface area contributed by atoms with Crippen LogP contribution in [0.5, 0.6) is 5.75 Å². The van der Waals surface area contributed by atoms with Crippen molar-refractivity contribution in [2.75, 3.05) is 5.32 Å². The van der Waals surface area contributed by atoms with Crippen LogP contribution in [0.25, 0.3) is 11.3 Å². The molecule has 0 spiro atoms. The van der Waals surface area contributed by atoms with Gasteiger partial charge in [0.2, 0.25) is 6.23 Å². The summed E-state index contributed by atoms with van der Waals surface area (Å²) in [7, 11) is 0. The highest BCUT2D eigenvalue weighted by Gasteiger charge is 2.35. The molecular weight excluding hydrogens is 245 g/mol. The Labute approximate surface area is 109 Å². The van der Waals surface area contributed by atoms with Crippen LogP contribution < -0.4 is 10.1 Å². The second kappa shape index (κ2) is 3.51. The molecular formula is C15H10FNO2. The third-order valence-electron chi connectivity index (χ3n) is 3.46. The standard InChI is InChI=1S/C15H10FNO2/c16-8-5-6-10-12(7-8)19-15-13(14(10)18)9-3-1-2-4-11(9)17-15/h1-7,15,17-18H. The van der Waals surface area contributed by atoms with Gasteiger partial charge in [-0.2, -0.15) is 0 Å². The van der Waals surface area contributed by atoms with E-state index in [0.717, 1.165) is 11.3 Å². The van der Waals surface area contributed by atoms with Crippen LogP contribution >= 0.6 is 0 Å². The van der Waals surface area contributed by atoms with Gasteiger partial charge in [-0.1, -0.05) is 18.2 Å². The first-order chi connectivity index (χ1) is 9.24. The zero-order valence-corrected chi connectivity index (χ0v) is 9.85. The Balaban J connectivity index is 1.96. The van der Waals surface area contributed by atoms with Crippen molar-refractivity contribution in [2.24, 2.45) is 0 Å². The van der Waals surface area contributed by atoms with E-state index in [4.69, 9.17) is 4.74 Å².